The Bertz CT molecular complexity index is 773. The molecule has 0 aliphatic heterocycles. The van der Waals surface area contributed by atoms with Crippen LogP contribution in [0.25, 0.3) is 11.0 Å². The van der Waals surface area contributed by atoms with Gasteiger partial charge < -0.3 is 10.1 Å². The lowest BCUT2D eigenvalue weighted by Crippen LogP contribution is -2.12. The molecule has 2 aromatic rings. The van der Waals surface area contributed by atoms with Gasteiger partial charge >= 0.3 is 0 Å². The summed E-state index contributed by atoms with van der Waals surface area (Å²) in [5.74, 6) is 1.47. The average molecular weight is 323 g/mol. The van der Waals surface area contributed by atoms with Crippen molar-refractivity contribution in [2.45, 2.75) is 25.3 Å². The molecular weight excluding hydrogens is 302 g/mol. The SMILES string of the molecule is COc1ccc2nc(S(C)(=O)=O)c(NCCC(C)C)nc2c1. The number of nitrogens with zero attached hydrogens (tertiary/aromatic N) is 2. The number of hydrogen-bond donors (Lipinski definition) is 1. The summed E-state index contributed by atoms with van der Waals surface area (Å²) < 4.78 is 29.1. The van der Waals surface area contributed by atoms with E-state index in [0.717, 1.165) is 12.7 Å². The first kappa shape index (κ1) is 16.5. The fraction of sp³-hybridized carbons (Fsp3) is 0.467. The quantitative estimate of drug-likeness (QED) is 0.879. The number of rotatable bonds is 6. The van der Waals surface area contributed by atoms with Gasteiger partial charge in [0.25, 0.3) is 0 Å². The molecule has 0 aliphatic carbocycles. The molecule has 0 aliphatic rings. The van der Waals surface area contributed by atoms with Crippen LogP contribution in [-0.4, -0.2) is 38.3 Å². The highest BCUT2D eigenvalue weighted by molar-refractivity contribution is 7.90. The molecule has 120 valence electrons. The maximum Gasteiger partial charge on any atom is 0.198 e. The van der Waals surface area contributed by atoms with Crippen LogP contribution in [0, 0.1) is 5.92 Å². The second-order valence-corrected chi connectivity index (χ2v) is 7.54. The molecule has 0 unspecified atom stereocenters. The van der Waals surface area contributed by atoms with Crippen LogP contribution in [0.2, 0.25) is 0 Å². The van der Waals surface area contributed by atoms with Crippen molar-refractivity contribution < 1.29 is 13.2 Å². The number of hydrogen-bond acceptors (Lipinski definition) is 6. The van der Waals surface area contributed by atoms with Crippen molar-refractivity contribution in [3.05, 3.63) is 18.2 Å². The molecule has 1 aromatic heterocycles. The van der Waals surface area contributed by atoms with Crippen LogP contribution in [0.5, 0.6) is 5.75 Å². The minimum Gasteiger partial charge on any atom is -0.497 e. The van der Waals surface area contributed by atoms with Gasteiger partial charge in [0.1, 0.15) is 5.75 Å². The van der Waals surface area contributed by atoms with E-state index in [0.29, 0.717) is 35.1 Å². The zero-order chi connectivity index (χ0) is 16.3. The van der Waals surface area contributed by atoms with Crippen LogP contribution in [0.4, 0.5) is 5.82 Å². The maximum atomic E-state index is 12.0. The van der Waals surface area contributed by atoms with Gasteiger partial charge in [-0.15, -0.1) is 0 Å². The molecule has 0 radical (unpaired) electrons. The third-order valence-electron chi connectivity index (χ3n) is 3.20. The Morgan fingerprint density at radius 2 is 1.95 bits per heavy atom. The smallest absolute Gasteiger partial charge is 0.198 e. The highest BCUT2D eigenvalue weighted by Crippen LogP contribution is 2.24. The Morgan fingerprint density at radius 1 is 1.23 bits per heavy atom. The van der Waals surface area contributed by atoms with Crippen molar-refractivity contribution in [2.75, 3.05) is 25.2 Å². The van der Waals surface area contributed by atoms with Crippen molar-refractivity contribution in [1.82, 2.24) is 9.97 Å². The van der Waals surface area contributed by atoms with Crippen molar-refractivity contribution >= 4 is 26.7 Å². The maximum absolute atomic E-state index is 12.0. The van der Waals surface area contributed by atoms with Gasteiger partial charge in [-0.05, 0) is 24.5 Å². The van der Waals surface area contributed by atoms with Gasteiger partial charge in [0.15, 0.2) is 20.7 Å². The van der Waals surface area contributed by atoms with Crippen molar-refractivity contribution in [3.8, 4) is 5.75 Å². The fourth-order valence-electron chi connectivity index (χ4n) is 2.00. The van der Waals surface area contributed by atoms with Crippen LogP contribution in [0.1, 0.15) is 20.3 Å². The van der Waals surface area contributed by atoms with Crippen molar-refractivity contribution in [3.63, 3.8) is 0 Å². The van der Waals surface area contributed by atoms with E-state index < -0.39 is 9.84 Å². The second-order valence-electron chi connectivity index (χ2n) is 5.61. The van der Waals surface area contributed by atoms with Crippen LogP contribution in [0.15, 0.2) is 23.2 Å². The van der Waals surface area contributed by atoms with Crippen LogP contribution in [0.3, 0.4) is 0 Å². The molecule has 0 saturated heterocycles. The van der Waals surface area contributed by atoms with Gasteiger partial charge in [0.05, 0.1) is 18.1 Å². The lowest BCUT2D eigenvalue weighted by Gasteiger charge is -2.12. The van der Waals surface area contributed by atoms with Crippen molar-refractivity contribution in [1.29, 1.82) is 0 Å². The summed E-state index contributed by atoms with van der Waals surface area (Å²) >= 11 is 0. The predicted octanol–water partition coefficient (Wildman–Crippen LogP) is 2.50. The predicted molar refractivity (Wildman–Crippen MR) is 87.1 cm³/mol. The van der Waals surface area contributed by atoms with E-state index in [-0.39, 0.29) is 5.03 Å². The van der Waals surface area contributed by atoms with Crippen LogP contribution >= 0.6 is 0 Å². The highest BCUT2D eigenvalue weighted by Gasteiger charge is 2.18. The molecule has 2 rings (SSSR count). The molecule has 0 amide bonds. The lowest BCUT2D eigenvalue weighted by atomic mass is 10.1. The Balaban J connectivity index is 2.49. The molecule has 1 aromatic carbocycles. The minimum absolute atomic E-state index is 0.0195. The minimum atomic E-state index is -3.46. The Labute approximate surface area is 130 Å². The van der Waals surface area contributed by atoms with Gasteiger partial charge in [-0.1, -0.05) is 13.8 Å². The largest absolute Gasteiger partial charge is 0.497 e. The topological polar surface area (TPSA) is 81.2 Å². The lowest BCUT2D eigenvalue weighted by molar-refractivity contribution is 0.415. The molecule has 0 atom stereocenters. The monoisotopic (exact) mass is 323 g/mol. The molecule has 0 bridgehead atoms. The van der Waals surface area contributed by atoms with Gasteiger partial charge in [-0.25, -0.2) is 18.4 Å². The van der Waals surface area contributed by atoms with E-state index in [1.165, 1.54) is 0 Å². The molecule has 0 fully saturated rings. The molecular formula is C15H21N3O3S. The van der Waals surface area contributed by atoms with Gasteiger partial charge in [-0.3, -0.25) is 0 Å². The van der Waals surface area contributed by atoms with E-state index in [2.05, 4.69) is 29.1 Å². The third-order valence-corrected chi connectivity index (χ3v) is 4.19. The summed E-state index contributed by atoms with van der Waals surface area (Å²) in [5, 5.41) is 3.07. The Hall–Kier alpha value is -1.89. The number of aromatic nitrogens is 2. The van der Waals surface area contributed by atoms with E-state index in [1.54, 1.807) is 25.3 Å². The highest BCUT2D eigenvalue weighted by atomic mass is 32.2. The van der Waals surface area contributed by atoms with E-state index in [9.17, 15) is 8.42 Å². The second kappa shape index (κ2) is 6.48. The first-order valence-corrected chi connectivity index (χ1v) is 9.00. The average Bonchev–Trinajstić information content (AvgIpc) is 2.44. The number of sulfone groups is 1. The summed E-state index contributed by atoms with van der Waals surface area (Å²) in [5.41, 5.74) is 1.12. The molecule has 6 nitrogen and oxygen atoms in total. The Morgan fingerprint density at radius 3 is 2.55 bits per heavy atom. The van der Waals surface area contributed by atoms with Gasteiger partial charge in [-0.2, -0.15) is 0 Å². The Kier molecular flexibility index (Phi) is 4.85. The van der Waals surface area contributed by atoms with Gasteiger partial charge in [0.2, 0.25) is 0 Å². The third kappa shape index (κ3) is 3.85. The molecule has 22 heavy (non-hydrogen) atoms. The zero-order valence-corrected chi connectivity index (χ0v) is 14.1. The summed E-state index contributed by atoms with van der Waals surface area (Å²) in [7, 11) is -1.89. The number of ether oxygens (including phenoxy) is 1. The molecule has 1 heterocycles. The summed E-state index contributed by atoms with van der Waals surface area (Å²) in [6, 6.07) is 5.17. The first-order chi connectivity index (χ1) is 10.3. The number of fused-ring (bicyclic) bond motifs is 1. The van der Waals surface area contributed by atoms with E-state index in [4.69, 9.17) is 4.74 Å². The van der Waals surface area contributed by atoms with E-state index >= 15 is 0 Å². The molecule has 0 saturated carbocycles. The molecule has 1 N–H and O–H groups in total. The van der Waals surface area contributed by atoms with E-state index in [1.807, 2.05) is 0 Å². The number of benzene rings is 1. The van der Waals surface area contributed by atoms with Gasteiger partial charge in [0, 0.05) is 18.9 Å². The summed E-state index contributed by atoms with van der Waals surface area (Å²) in [6.45, 7) is 4.86. The standard InChI is InChI=1S/C15H21N3O3S/c1-10(2)7-8-16-14-15(22(4,19)20)18-12-6-5-11(21-3)9-13(12)17-14/h5-6,9-10H,7-8H2,1-4H3,(H,16,17). The van der Waals surface area contributed by atoms with Crippen LogP contribution < -0.4 is 10.1 Å². The molecule has 0 spiro atoms. The molecule has 7 heteroatoms. The number of anilines is 1. The fourth-order valence-corrected chi connectivity index (χ4v) is 2.73. The normalized spacial score (nSPS) is 11.9. The number of methoxy groups -OCH3 is 1. The van der Waals surface area contributed by atoms with Crippen molar-refractivity contribution in [2.24, 2.45) is 5.92 Å². The summed E-state index contributed by atoms with van der Waals surface area (Å²) in [6.07, 6.45) is 2.06. The zero-order valence-electron chi connectivity index (χ0n) is 13.3. The van der Waals surface area contributed by atoms with Crippen LogP contribution in [-0.2, 0) is 9.84 Å². The summed E-state index contributed by atoms with van der Waals surface area (Å²) in [4.78, 5) is 8.67. The first-order valence-electron chi connectivity index (χ1n) is 7.11. The number of nitrogens with one attached hydrogen (secondary N) is 1.